The first-order valence-electron chi connectivity index (χ1n) is 6.46. The van der Waals surface area contributed by atoms with E-state index < -0.39 is 0 Å². The number of nitrogens with zero attached hydrogens (tertiary/aromatic N) is 2. The van der Waals surface area contributed by atoms with Crippen LogP contribution in [0, 0.1) is 0 Å². The Balaban J connectivity index is 1.64. The van der Waals surface area contributed by atoms with Crippen LogP contribution in [0.3, 0.4) is 0 Å². The van der Waals surface area contributed by atoms with E-state index in [2.05, 4.69) is 16.8 Å². The van der Waals surface area contributed by atoms with Gasteiger partial charge in [-0.05, 0) is 26.2 Å². The monoisotopic (exact) mass is 241 g/mol. The average molecular weight is 241 g/mol. The van der Waals surface area contributed by atoms with E-state index in [1.807, 2.05) is 0 Å². The van der Waals surface area contributed by atoms with Crippen molar-refractivity contribution >= 4 is 5.96 Å². The summed E-state index contributed by atoms with van der Waals surface area (Å²) in [5.74, 6) is 0.621. The van der Waals surface area contributed by atoms with E-state index in [-0.39, 0.29) is 5.60 Å². The van der Waals surface area contributed by atoms with Crippen molar-refractivity contribution < 1.29 is 9.47 Å². The van der Waals surface area contributed by atoms with E-state index in [0.29, 0.717) is 19.1 Å². The average Bonchev–Trinajstić information content (AvgIpc) is 2.33. The second kappa shape index (κ2) is 5.69. The normalized spacial score (nSPS) is 24.5. The van der Waals surface area contributed by atoms with Crippen molar-refractivity contribution in [3.05, 3.63) is 0 Å². The van der Waals surface area contributed by atoms with Gasteiger partial charge < -0.3 is 20.1 Å². The van der Waals surface area contributed by atoms with Crippen LogP contribution in [-0.4, -0.2) is 55.9 Å². The van der Waals surface area contributed by atoms with Gasteiger partial charge in [0.05, 0.1) is 32.0 Å². The number of rotatable bonds is 4. The molecule has 1 aliphatic carbocycles. The summed E-state index contributed by atoms with van der Waals surface area (Å²) in [5, 5.41) is 0. The zero-order chi connectivity index (χ0) is 12.1. The Labute approximate surface area is 103 Å². The molecular weight excluding hydrogens is 218 g/mol. The third-order valence-electron chi connectivity index (χ3n) is 3.56. The van der Waals surface area contributed by atoms with Gasteiger partial charge in [0.1, 0.15) is 0 Å². The maximum absolute atomic E-state index is 5.91. The number of nitrogens with two attached hydrogens (primary N) is 1. The minimum atomic E-state index is 0.114. The van der Waals surface area contributed by atoms with E-state index in [1.54, 1.807) is 0 Å². The maximum atomic E-state index is 5.91. The first kappa shape index (κ1) is 12.6. The molecule has 17 heavy (non-hydrogen) atoms. The van der Waals surface area contributed by atoms with Crippen LogP contribution in [-0.2, 0) is 9.47 Å². The summed E-state index contributed by atoms with van der Waals surface area (Å²) >= 11 is 0. The topological polar surface area (TPSA) is 60.1 Å². The van der Waals surface area contributed by atoms with E-state index in [4.69, 9.17) is 15.2 Å². The fourth-order valence-electron chi connectivity index (χ4n) is 2.16. The van der Waals surface area contributed by atoms with Crippen LogP contribution < -0.4 is 5.73 Å². The minimum absolute atomic E-state index is 0.114. The highest BCUT2D eigenvalue weighted by molar-refractivity contribution is 5.78. The lowest BCUT2D eigenvalue weighted by Gasteiger charge is -2.38. The Morgan fingerprint density at radius 2 is 2.12 bits per heavy atom. The highest BCUT2D eigenvalue weighted by Crippen LogP contribution is 2.34. The van der Waals surface area contributed by atoms with E-state index in [9.17, 15) is 0 Å². The van der Waals surface area contributed by atoms with Crippen molar-refractivity contribution in [1.29, 1.82) is 0 Å². The molecular formula is C12H23N3O2. The molecule has 0 aromatic carbocycles. The van der Waals surface area contributed by atoms with Crippen molar-refractivity contribution in [3.8, 4) is 0 Å². The number of ether oxygens (including phenoxy) is 2. The summed E-state index contributed by atoms with van der Waals surface area (Å²) in [6, 6.07) is 0. The van der Waals surface area contributed by atoms with Gasteiger partial charge in [-0.1, -0.05) is 0 Å². The highest BCUT2D eigenvalue weighted by atomic mass is 16.5. The molecule has 2 N–H and O–H groups in total. The molecule has 0 atom stereocenters. The fraction of sp³-hybridized carbons (Fsp3) is 0.917. The van der Waals surface area contributed by atoms with Gasteiger partial charge in [-0.2, -0.15) is 0 Å². The summed E-state index contributed by atoms with van der Waals surface area (Å²) < 4.78 is 11.1. The van der Waals surface area contributed by atoms with Crippen LogP contribution in [0.15, 0.2) is 4.99 Å². The second-order valence-corrected chi connectivity index (χ2v) is 4.99. The molecule has 0 aromatic heterocycles. The lowest BCUT2D eigenvalue weighted by Crippen LogP contribution is -2.45. The summed E-state index contributed by atoms with van der Waals surface area (Å²) in [7, 11) is 0. The Morgan fingerprint density at radius 3 is 2.71 bits per heavy atom. The molecule has 98 valence electrons. The van der Waals surface area contributed by atoms with Gasteiger partial charge in [0.15, 0.2) is 5.96 Å². The number of aliphatic imine (C=N–C) groups is 1. The zero-order valence-corrected chi connectivity index (χ0v) is 10.7. The molecule has 0 unspecified atom stereocenters. The van der Waals surface area contributed by atoms with E-state index in [0.717, 1.165) is 26.3 Å². The van der Waals surface area contributed by atoms with Crippen LogP contribution in [0.5, 0.6) is 0 Å². The Hall–Kier alpha value is -0.810. The van der Waals surface area contributed by atoms with Gasteiger partial charge in [-0.15, -0.1) is 0 Å². The van der Waals surface area contributed by atoms with E-state index >= 15 is 0 Å². The van der Waals surface area contributed by atoms with Crippen LogP contribution >= 0.6 is 0 Å². The first-order valence-corrected chi connectivity index (χ1v) is 6.46. The van der Waals surface area contributed by atoms with Crippen LogP contribution in [0.2, 0.25) is 0 Å². The van der Waals surface area contributed by atoms with Crippen molar-refractivity contribution in [2.75, 3.05) is 39.5 Å². The molecule has 2 fully saturated rings. The molecule has 0 aromatic rings. The quantitative estimate of drug-likeness (QED) is 0.444. The standard InChI is InChI=1S/C12H23N3O2/c1-12(3-2-4-12)17-8-5-14-11(13)15-6-9-16-10-7-15/h2-10H2,1H3,(H2,13,14). The first-order chi connectivity index (χ1) is 8.20. The summed E-state index contributed by atoms with van der Waals surface area (Å²) in [6.45, 7) is 6.66. The molecule has 5 nitrogen and oxygen atoms in total. The van der Waals surface area contributed by atoms with Gasteiger partial charge in [0.2, 0.25) is 0 Å². The third-order valence-corrected chi connectivity index (χ3v) is 3.56. The molecule has 0 bridgehead atoms. The number of guanidine groups is 1. The number of hydrogen-bond acceptors (Lipinski definition) is 3. The molecule has 1 heterocycles. The van der Waals surface area contributed by atoms with Crippen molar-refractivity contribution in [2.45, 2.75) is 31.8 Å². The van der Waals surface area contributed by atoms with Crippen molar-refractivity contribution in [1.82, 2.24) is 4.90 Å². The molecule has 1 saturated carbocycles. The lowest BCUT2D eigenvalue weighted by molar-refractivity contribution is -0.0818. The largest absolute Gasteiger partial charge is 0.378 e. The zero-order valence-electron chi connectivity index (χ0n) is 10.7. The molecule has 2 aliphatic rings. The van der Waals surface area contributed by atoms with Gasteiger partial charge in [0.25, 0.3) is 0 Å². The fourth-order valence-corrected chi connectivity index (χ4v) is 2.16. The summed E-state index contributed by atoms with van der Waals surface area (Å²) in [6.07, 6.45) is 3.64. The smallest absolute Gasteiger partial charge is 0.191 e. The van der Waals surface area contributed by atoms with Crippen LogP contribution in [0.25, 0.3) is 0 Å². The Bertz CT molecular complexity index is 271. The van der Waals surface area contributed by atoms with Crippen LogP contribution in [0.4, 0.5) is 0 Å². The molecule has 2 rings (SSSR count). The van der Waals surface area contributed by atoms with Crippen molar-refractivity contribution in [2.24, 2.45) is 10.7 Å². The Kier molecular flexibility index (Phi) is 4.23. The van der Waals surface area contributed by atoms with Crippen molar-refractivity contribution in [3.63, 3.8) is 0 Å². The predicted molar refractivity (Wildman–Crippen MR) is 67.1 cm³/mol. The maximum Gasteiger partial charge on any atom is 0.191 e. The van der Waals surface area contributed by atoms with Gasteiger partial charge >= 0.3 is 0 Å². The number of morpholine rings is 1. The second-order valence-electron chi connectivity index (χ2n) is 4.99. The van der Waals surface area contributed by atoms with Gasteiger partial charge in [0, 0.05) is 13.1 Å². The van der Waals surface area contributed by atoms with Crippen LogP contribution in [0.1, 0.15) is 26.2 Å². The molecule has 0 spiro atoms. The summed E-state index contributed by atoms with van der Waals surface area (Å²) in [5.41, 5.74) is 6.02. The van der Waals surface area contributed by atoms with Gasteiger partial charge in [-0.25, -0.2) is 0 Å². The molecule has 0 amide bonds. The predicted octanol–water partition coefficient (Wildman–Crippen LogP) is 0.592. The van der Waals surface area contributed by atoms with E-state index in [1.165, 1.54) is 19.3 Å². The third kappa shape index (κ3) is 3.57. The molecule has 1 saturated heterocycles. The van der Waals surface area contributed by atoms with Gasteiger partial charge in [-0.3, -0.25) is 4.99 Å². The molecule has 0 radical (unpaired) electrons. The molecule has 1 aliphatic heterocycles. The summed E-state index contributed by atoms with van der Waals surface area (Å²) in [4.78, 5) is 6.41. The number of hydrogen-bond donors (Lipinski definition) is 1. The minimum Gasteiger partial charge on any atom is -0.378 e. The lowest BCUT2D eigenvalue weighted by atomic mass is 9.82. The Morgan fingerprint density at radius 1 is 1.41 bits per heavy atom. The SMILES string of the molecule is CC1(OCCN=C(N)N2CCOCC2)CCC1. The molecule has 5 heteroatoms. The highest BCUT2D eigenvalue weighted by Gasteiger charge is 2.32.